The van der Waals surface area contributed by atoms with Crippen LogP contribution in [0.5, 0.6) is 0 Å². The smallest absolute Gasteiger partial charge is 0.324 e. The molecule has 7 nitrogen and oxygen atoms in total. The minimum absolute atomic E-state index is 0.0647. The highest BCUT2D eigenvalue weighted by atomic mass is 35.5. The van der Waals surface area contributed by atoms with Crippen LogP contribution in [0.1, 0.15) is 31.9 Å². The van der Waals surface area contributed by atoms with E-state index in [2.05, 4.69) is 5.32 Å². The van der Waals surface area contributed by atoms with E-state index in [1.807, 2.05) is 32.0 Å². The molecule has 1 aromatic rings. The van der Waals surface area contributed by atoms with Crippen LogP contribution in [0.4, 0.5) is 4.79 Å². The number of nitrogens with zero attached hydrogens (tertiary/aromatic N) is 2. The highest BCUT2D eigenvalue weighted by Gasteiger charge is 2.39. The van der Waals surface area contributed by atoms with Crippen molar-refractivity contribution in [1.82, 2.24) is 15.1 Å². The topological polar surface area (TPSA) is 79.0 Å². The molecule has 1 aromatic carbocycles. The van der Waals surface area contributed by atoms with Crippen molar-refractivity contribution in [2.24, 2.45) is 0 Å². The molecule has 3 rings (SSSR count). The van der Waals surface area contributed by atoms with E-state index in [4.69, 9.17) is 16.3 Å². The monoisotopic (exact) mass is 379 g/mol. The lowest BCUT2D eigenvalue weighted by Gasteiger charge is -2.46. The van der Waals surface area contributed by atoms with Crippen LogP contribution in [0.15, 0.2) is 24.3 Å². The summed E-state index contributed by atoms with van der Waals surface area (Å²) in [4.78, 5) is 39.1. The summed E-state index contributed by atoms with van der Waals surface area (Å²) in [5.74, 6) is -0.485. The van der Waals surface area contributed by atoms with Crippen LogP contribution in [-0.4, -0.2) is 59.4 Å². The first-order valence-electron chi connectivity index (χ1n) is 8.52. The quantitative estimate of drug-likeness (QED) is 0.870. The van der Waals surface area contributed by atoms with Crippen molar-refractivity contribution >= 4 is 29.4 Å². The molecule has 2 fully saturated rings. The summed E-state index contributed by atoms with van der Waals surface area (Å²) in [5.41, 5.74) is 0.418. The van der Waals surface area contributed by atoms with Gasteiger partial charge in [-0.3, -0.25) is 14.9 Å². The Morgan fingerprint density at radius 3 is 2.85 bits per heavy atom. The van der Waals surface area contributed by atoms with Crippen LogP contribution in [-0.2, 0) is 14.3 Å². The van der Waals surface area contributed by atoms with Crippen molar-refractivity contribution in [3.8, 4) is 0 Å². The number of benzene rings is 1. The number of imide groups is 1. The molecule has 0 aromatic heterocycles. The van der Waals surface area contributed by atoms with Crippen molar-refractivity contribution in [2.45, 2.75) is 31.9 Å². The van der Waals surface area contributed by atoms with Crippen molar-refractivity contribution in [1.29, 1.82) is 0 Å². The third-order valence-corrected chi connectivity index (χ3v) is 4.94. The second-order valence-corrected chi connectivity index (χ2v) is 7.63. The summed E-state index contributed by atoms with van der Waals surface area (Å²) in [6.45, 7) is 4.79. The third kappa shape index (κ3) is 3.99. The van der Waals surface area contributed by atoms with Gasteiger partial charge in [-0.15, -0.1) is 0 Å². The first-order valence-corrected chi connectivity index (χ1v) is 8.90. The van der Waals surface area contributed by atoms with Gasteiger partial charge in [0.25, 0.3) is 0 Å². The summed E-state index contributed by atoms with van der Waals surface area (Å²) >= 11 is 6.06. The lowest BCUT2D eigenvalue weighted by molar-refractivity contribution is -0.155. The summed E-state index contributed by atoms with van der Waals surface area (Å²) < 4.78 is 5.95. The average molecular weight is 380 g/mol. The maximum absolute atomic E-state index is 12.9. The number of amides is 4. The molecule has 0 bridgehead atoms. The first kappa shape index (κ1) is 18.7. The summed E-state index contributed by atoms with van der Waals surface area (Å²) in [5, 5.41) is 2.85. The zero-order valence-corrected chi connectivity index (χ0v) is 15.6. The molecule has 26 heavy (non-hydrogen) atoms. The minimum Gasteiger partial charge on any atom is -0.369 e. The van der Waals surface area contributed by atoms with E-state index in [1.54, 1.807) is 11.0 Å². The lowest BCUT2D eigenvalue weighted by atomic mass is 9.98. The average Bonchev–Trinajstić information content (AvgIpc) is 2.57. The number of urea groups is 1. The van der Waals surface area contributed by atoms with E-state index < -0.39 is 11.6 Å². The minimum atomic E-state index is -0.521. The van der Waals surface area contributed by atoms with Gasteiger partial charge in [0, 0.05) is 18.0 Å². The molecule has 0 spiro atoms. The number of hydrogen-bond donors (Lipinski definition) is 1. The maximum atomic E-state index is 12.9. The molecule has 8 heteroatoms. The van der Waals surface area contributed by atoms with Crippen molar-refractivity contribution in [3.05, 3.63) is 34.9 Å². The molecule has 0 radical (unpaired) electrons. The van der Waals surface area contributed by atoms with Gasteiger partial charge < -0.3 is 14.5 Å². The summed E-state index contributed by atoms with van der Waals surface area (Å²) in [6, 6.07) is 6.86. The third-order valence-electron chi connectivity index (χ3n) is 4.71. The highest BCUT2D eigenvalue weighted by Crippen LogP contribution is 2.31. The number of rotatable bonds is 3. The standard InChI is InChI=1S/C18H22ClN3O4/c1-18(2)11-26-14(12-4-3-5-13(19)8-12)9-22(18)16(24)10-21-7-6-15(23)20-17(21)25/h3-5,8,14H,6-7,9-11H2,1-2H3,(H,20,23,25)/t14-/m0/s1. The molecule has 4 amide bonds. The fourth-order valence-corrected chi connectivity index (χ4v) is 3.39. The number of carbonyl (C=O) groups excluding carboxylic acids is 3. The Kier molecular flexibility index (Phi) is 5.20. The number of carbonyl (C=O) groups is 3. The Balaban J connectivity index is 1.72. The van der Waals surface area contributed by atoms with Gasteiger partial charge in [0.2, 0.25) is 11.8 Å². The second-order valence-electron chi connectivity index (χ2n) is 7.20. The van der Waals surface area contributed by atoms with Crippen molar-refractivity contribution in [2.75, 3.05) is 26.2 Å². The van der Waals surface area contributed by atoms with Crippen LogP contribution in [0.3, 0.4) is 0 Å². The Morgan fingerprint density at radius 1 is 1.38 bits per heavy atom. The van der Waals surface area contributed by atoms with Gasteiger partial charge in [0.1, 0.15) is 12.6 Å². The van der Waals surface area contributed by atoms with Gasteiger partial charge in [-0.1, -0.05) is 23.7 Å². The fraction of sp³-hybridized carbons (Fsp3) is 0.500. The molecule has 2 saturated heterocycles. The van der Waals surface area contributed by atoms with Crippen molar-refractivity contribution in [3.63, 3.8) is 0 Å². The predicted molar refractivity (Wildman–Crippen MR) is 95.7 cm³/mol. The number of halogens is 1. The van der Waals surface area contributed by atoms with Gasteiger partial charge in [0.05, 0.1) is 18.7 Å². The lowest BCUT2D eigenvalue weighted by Crippen LogP contribution is -2.60. The number of morpholine rings is 1. The molecule has 2 aliphatic heterocycles. The van der Waals surface area contributed by atoms with Gasteiger partial charge in [0.15, 0.2) is 0 Å². The highest BCUT2D eigenvalue weighted by molar-refractivity contribution is 6.30. The van der Waals surface area contributed by atoms with Crippen LogP contribution in [0, 0.1) is 0 Å². The van der Waals surface area contributed by atoms with Crippen LogP contribution in [0.2, 0.25) is 5.02 Å². The normalized spacial score (nSPS) is 23.0. The number of ether oxygens (including phenoxy) is 1. The van der Waals surface area contributed by atoms with Crippen LogP contribution in [0.25, 0.3) is 0 Å². The van der Waals surface area contributed by atoms with Crippen LogP contribution < -0.4 is 5.32 Å². The second kappa shape index (κ2) is 7.25. The Labute approximate surface area is 157 Å². The van der Waals surface area contributed by atoms with E-state index in [9.17, 15) is 14.4 Å². The SMILES string of the molecule is CC1(C)CO[C@H](c2cccc(Cl)c2)CN1C(=O)CN1CCC(=O)NC1=O. The molecule has 1 N–H and O–H groups in total. The van der Waals surface area contributed by atoms with Crippen molar-refractivity contribution < 1.29 is 19.1 Å². The Bertz CT molecular complexity index is 737. The first-order chi connectivity index (χ1) is 12.3. The molecule has 2 aliphatic rings. The van der Waals surface area contributed by atoms with E-state index in [0.717, 1.165) is 5.56 Å². The molecular formula is C18H22ClN3O4. The fourth-order valence-electron chi connectivity index (χ4n) is 3.19. The number of hydrogen-bond acceptors (Lipinski definition) is 4. The molecule has 0 aliphatic carbocycles. The van der Waals surface area contributed by atoms with E-state index >= 15 is 0 Å². The molecule has 1 atom stereocenters. The molecule has 0 unspecified atom stereocenters. The van der Waals surface area contributed by atoms with Gasteiger partial charge in [-0.05, 0) is 31.5 Å². The molecule has 0 saturated carbocycles. The van der Waals surface area contributed by atoms with E-state index in [1.165, 1.54) is 4.90 Å². The van der Waals surface area contributed by atoms with Gasteiger partial charge in [-0.25, -0.2) is 4.79 Å². The van der Waals surface area contributed by atoms with E-state index in [-0.39, 0.29) is 37.4 Å². The Morgan fingerprint density at radius 2 is 2.15 bits per heavy atom. The van der Waals surface area contributed by atoms with Gasteiger partial charge in [-0.2, -0.15) is 0 Å². The summed E-state index contributed by atoms with van der Waals surface area (Å²) in [6.07, 6.45) is -0.0705. The molecule has 2 heterocycles. The van der Waals surface area contributed by atoms with Gasteiger partial charge >= 0.3 is 6.03 Å². The zero-order chi connectivity index (χ0) is 18.9. The Hall–Kier alpha value is -2.12. The largest absolute Gasteiger partial charge is 0.369 e. The summed E-state index contributed by atoms with van der Waals surface area (Å²) in [7, 11) is 0. The number of nitrogens with one attached hydrogen (secondary N) is 1. The molecular weight excluding hydrogens is 358 g/mol. The zero-order valence-electron chi connectivity index (χ0n) is 14.8. The van der Waals surface area contributed by atoms with E-state index in [0.29, 0.717) is 18.2 Å². The van der Waals surface area contributed by atoms with Crippen LogP contribution >= 0.6 is 11.6 Å². The molecule has 140 valence electrons. The maximum Gasteiger partial charge on any atom is 0.324 e. The predicted octanol–water partition coefficient (Wildman–Crippen LogP) is 1.96.